The summed E-state index contributed by atoms with van der Waals surface area (Å²) in [6, 6.07) is 10.6. The molecule has 4 rings (SSSR count). The zero-order valence-corrected chi connectivity index (χ0v) is 20.3. The maximum Gasteiger partial charge on any atom is 0.332 e. The van der Waals surface area contributed by atoms with Gasteiger partial charge in [0.2, 0.25) is 5.91 Å². The Bertz CT molecular complexity index is 984. The van der Waals surface area contributed by atoms with Gasteiger partial charge in [-0.2, -0.15) is 0 Å². The average Bonchev–Trinajstić information content (AvgIpc) is 3.40. The maximum atomic E-state index is 13.0. The minimum Gasteiger partial charge on any atom is -0.353 e. The van der Waals surface area contributed by atoms with Crippen LogP contribution in [0.25, 0.3) is 0 Å². The van der Waals surface area contributed by atoms with Crippen LogP contribution in [0.2, 0.25) is 0 Å². The van der Waals surface area contributed by atoms with Crippen LogP contribution in [0.3, 0.4) is 0 Å². The topological polar surface area (TPSA) is 73.0 Å². The van der Waals surface area contributed by atoms with Crippen LogP contribution in [0.15, 0.2) is 41.8 Å². The van der Waals surface area contributed by atoms with Gasteiger partial charge in [-0.15, -0.1) is 11.3 Å². The van der Waals surface area contributed by atoms with Gasteiger partial charge in [-0.05, 0) is 69.3 Å². The van der Waals surface area contributed by atoms with Crippen molar-refractivity contribution in [2.24, 2.45) is 5.92 Å². The van der Waals surface area contributed by atoms with Crippen molar-refractivity contribution < 1.29 is 14.4 Å². The molecule has 0 spiro atoms. The quantitative estimate of drug-likeness (QED) is 0.628. The Morgan fingerprint density at radius 1 is 1.12 bits per heavy atom. The van der Waals surface area contributed by atoms with Crippen molar-refractivity contribution in [2.45, 2.75) is 45.7 Å². The Morgan fingerprint density at radius 3 is 2.45 bits per heavy atom. The first-order valence-electron chi connectivity index (χ1n) is 11.6. The number of hydrogen-bond acceptors (Lipinski definition) is 5. The van der Waals surface area contributed by atoms with Crippen LogP contribution in [-0.4, -0.2) is 59.9 Å². The molecule has 1 aromatic carbocycles. The van der Waals surface area contributed by atoms with Gasteiger partial charge in [0.05, 0.1) is 6.04 Å². The Kier molecular flexibility index (Phi) is 7.14. The van der Waals surface area contributed by atoms with Crippen molar-refractivity contribution >= 4 is 34.9 Å². The standard InChI is InChI=1S/C25H32N4O3S/c1-17-6-8-20(9-7-17)29-19(3)24(31)28(25(29)32)16-23(30)26-15-21(22-5-4-14-33-22)27-12-10-18(2)11-13-27/h4-9,14,18-19,21H,10-13,15-16H2,1-3H3,(H,26,30)/t19-,21-/m1/s1. The van der Waals surface area contributed by atoms with E-state index >= 15 is 0 Å². The number of aryl methyl sites for hydroxylation is 1. The Labute approximate surface area is 199 Å². The number of rotatable bonds is 7. The van der Waals surface area contributed by atoms with Gasteiger partial charge in [0.25, 0.3) is 5.91 Å². The number of likely N-dealkylation sites (tertiary alicyclic amines) is 1. The lowest BCUT2D eigenvalue weighted by atomic mass is 9.97. The fourth-order valence-corrected chi connectivity index (χ4v) is 5.41. The van der Waals surface area contributed by atoms with Crippen molar-refractivity contribution in [1.82, 2.24) is 15.1 Å². The van der Waals surface area contributed by atoms with Crippen LogP contribution in [0, 0.1) is 12.8 Å². The summed E-state index contributed by atoms with van der Waals surface area (Å²) < 4.78 is 0. The number of anilines is 1. The van der Waals surface area contributed by atoms with E-state index in [1.165, 1.54) is 9.78 Å². The molecule has 8 heteroatoms. The summed E-state index contributed by atoms with van der Waals surface area (Å²) in [5.74, 6) is 0.0580. The molecule has 0 bridgehead atoms. The molecule has 0 unspecified atom stereocenters. The number of hydrogen-bond donors (Lipinski definition) is 1. The van der Waals surface area contributed by atoms with Gasteiger partial charge in [-0.25, -0.2) is 4.79 Å². The molecule has 2 fully saturated rings. The van der Waals surface area contributed by atoms with E-state index in [0.29, 0.717) is 12.2 Å². The zero-order chi connectivity index (χ0) is 23.5. The Morgan fingerprint density at radius 2 is 1.82 bits per heavy atom. The van der Waals surface area contributed by atoms with Gasteiger partial charge in [-0.3, -0.25) is 24.3 Å². The molecule has 2 aliphatic heterocycles. The molecule has 3 heterocycles. The molecule has 33 heavy (non-hydrogen) atoms. The minimum atomic E-state index is -0.637. The number of benzene rings is 1. The van der Waals surface area contributed by atoms with Gasteiger partial charge < -0.3 is 5.32 Å². The fourth-order valence-electron chi connectivity index (χ4n) is 4.55. The lowest BCUT2D eigenvalue weighted by molar-refractivity contribution is -0.132. The number of amides is 4. The number of carbonyl (C=O) groups is 3. The number of urea groups is 1. The third kappa shape index (κ3) is 5.12. The average molecular weight is 469 g/mol. The van der Waals surface area contributed by atoms with Crippen LogP contribution >= 0.6 is 11.3 Å². The number of nitrogens with one attached hydrogen (secondary N) is 1. The molecule has 4 amide bonds. The first-order valence-corrected chi connectivity index (χ1v) is 12.5. The van der Waals surface area contributed by atoms with Crippen LogP contribution < -0.4 is 10.2 Å². The molecule has 2 aliphatic rings. The molecule has 1 N–H and O–H groups in total. The fraction of sp³-hybridized carbons (Fsp3) is 0.480. The molecular formula is C25H32N4O3S. The summed E-state index contributed by atoms with van der Waals surface area (Å²) in [5, 5.41) is 5.04. The highest BCUT2D eigenvalue weighted by Gasteiger charge is 2.44. The molecule has 0 radical (unpaired) electrons. The first-order chi connectivity index (χ1) is 15.8. The Hall–Kier alpha value is -2.71. The molecular weight excluding hydrogens is 436 g/mol. The summed E-state index contributed by atoms with van der Waals surface area (Å²) in [6.45, 7) is 8.15. The van der Waals surface area contributed by atoms with Crippen LogP contribution in [0.1, 0.15) is 43.2 Å². The second kappa shape index (κ2) is 10.1. The summed E-state index contributed by atoms with van der Waals surface area (Å²) in [4.78, 5) is 44.7. The maximum absolute atomic E-state index is 13.0. The number of imide groups is 1. The predicted molar refractivity (Wildman–Crippen MR) is 130 cm³/mol. The lowest BCUT2D eigenvalue weighted by Gasteiger charge is -2.36. The molecule has 0 saturated carbocycles. The van der Waals surface area contributed by atoms with Gasteiger partial charge in [-0.1, -0.05) is 30.7 Å². The number of carbonyl (C=O) groups excluding carboxylic acids is 3. The molecule has 1 aromatic heterocycles. The number of thiophene rings is 1. The monoisotopic (exact) mass is 468 g/mol. The molecule has 2 atom stereocenters. The lowest BCUT2D eigenvalue weighted by Crippen LogP contribution is -2.45. The van der Waals surface area contributed by atoms with E-state index in [1.54, 1.807) is 18.3 Å². The largest absolute Gasteiger partial charge is 0.353 e. The van der Waals surface area contributed by atoms with Gasteiger partial charge in [0.1, 0.15) is 12.6 Å². The SMILES string of the molecule is Cc1ccc(N2C(=O)N(CC(=O)NC[C@H](c3cccs3)N3CCC(C)CC3)C(=O)[C@H]2C)cc1. The summed E-state index contributed by atoms with van der Waals surface area (Å²) in [6.07, 6.45) is 2.30. The second-order valence-electron chi connectivity index (χ2n) is 9.14. The van der Waals surface area contributed by atoms with E-state index < -0.39 is 12.1 Å². The van der Waals surface area contributed by atoms with Crippen molar-refractivity contribution in [2.75, 3.05) is 31.1 Å². The van der Waals surface area contributed by atoms with Crippen molar-refractivity contribution in [3.63, 3.8) is 0 Å². The van der Waals surface area contributed by atoms with Crippen molar-refractivity contribution in [1.29, 1.82) is 0 Å². The third-order valence-corrected chi connectivity index (χ3v) is 7.66. The number of nitrogens with zero attached hydrogens (tertiary/aromatic N) is 3. The van der Waals surface area contributed by atoms with E-state index in [2.05, 4.69) is 28.6 Å². The summed E-state index contributed by atoms with van der Waals surface area (Å²) in [5.41, 5.74) is 1.73. The van der Waals surface area contributed by atoms with Crippen molar-refractivity contribution in [3.8, 4) is 0 Å². The van der Waals surface area contributed by atoms with E-state index in [0.717, 1.165) is 42.3 Å². The summed E-state index contributed by atoms with van der Waals surface area (Å²) >= 11 is 1.69. The molecule has 7 nitrogen and oxygen atoms in total. The molecule has 2 aromatic rings. The molecule has 0 aliphatic carbocycles. The van der Waals surface area contributed by atoms with Crippen LogP contribution in [-0.2, 0) is 9.59 Å². The van der Waals surface area contributed by atoms with E-state index in [-0.39, 0.29) is 24.4 Å². The Balaban J connectivity index is 1.39. The highest BCUT2D eigenvalue weighted by atomic mass is 32.1. The highest BCUT2D eigenvalue weighted by molar-refractivity contribution is 7.10. The second-order valence-corrected chi connectivity index (χ2v) is 10.1. The zero-order valence-electron chi connectivity index (χ0n) is 19.5. The van der Waals surface area contributed by atoms with E-state index in [9.17, 15) is 14.4 Å². The van der Waals surface area contributed by atoms with Gasteiger partial charge in [0, 0.05) is 17.1 Å². The first kappa shape index (κ1) is 23.4. The third-order valence-electron chi connectivity index (χ3n) is 6.68. The van der Waals surface area contributed by atoms with E-state index in [1.807, 2.05) is 37.3 Å². The van der Waals surface area contributed by atoms with Gasteiger partial charge in [0.15, 0.2) is 0 Å². The van der Waals surface area contributed by atoms with Gasteiger partial charge >= 0.3 is 6.03 Å². The van der Waals surface area contributed by atoms with Crippen LogP contribution in [0.4, 0.5) is 10.5 Å². The highest BCUT2D eigenvalue weighted by Crippen LogP contribution is 2.29. The molecule has 176 valence electrons. The smallest absolute Gasteiger partial charge is 0.332 e. The minimum absolute atomic E-state index is 0.106. The predicted octanol–water partition coefficient (Wildman–Crippen LogP) is 3.80. The van der Waals surface area contributed by atoms with Crippen LogP contribution in [0.5, 0.6) is 0 Å². The number of piperidine rings is 1. The van der Waals surface area contributed by atoms with Crippen molar-refractivity contribution in [3.05, 3.63) is 52.2 Å². The summed E-state index contributed by atoms with van der Waals surface area (Å²) in [7, 11) is 0. The normalized spacial score (nSPS) is 21.0. The molecule has 2 saturated heterocycles. The van der Waals surface area contributed by atoms with E-state index in [4.69, 9.17) is 0 Å².